The van der Waals surface area contributed by atoms with Crippen LogP contribution in [0, 0.1) is 0 Å². The van der Waals surface area contributed by atoms with Gasteiger partial charge >= 0.3 is 11.9 Å². The molecule has 1 aromatic rings. The molecule has 3 atom stereocenters. The van der Waals surface area contributed by atoms with Gasteiger partial charge in [-0.25, -0.2) is 4.79 Å². The van der Waals surface area contributed by atoms with E-state index >= 15 is 0 Å². The molecule has 202 valence electrons. The molecule has 3 aliphatic heterocycles. The molecule has 3 aliphatic rings. The number of carboxylic acids is 2. The van der Waals surface area contributed by atoms with Crippen LogP contribution in [0.5, 0.6) is 0 Å². The molecule has 1 aromatic carbocycles. The van der Waals surface area contributed by atoms with E-state index in [4.69, 9.17) is 24.5 Å². The average molecular weight is 517 g/mol. The zero-order valence-corrected chi connectivity index (χ0v) is 21.4. The number of piperidine rings is 1. The summed E-state index contributed by atoms with van der Waals surface area (Å²) in [5.74, 6) is -1.91. The molecule has 0 spiro atoms. The molecule has 0 radical (unpaired) electrons. The second kappa shape index (κ2) is 12.0. The van der Waals surface area contributed by atoms with Crippen molar-refractivity contribution in [1.82, 2.24) is 9.91 Å². The van der Waals surface area contributed by atoms with Crippen LogP contribution in [0.1, 0.15) is 50.7 Å². The van der Waals surface area contributed by atoms with Gasteiger partial charge in [-0.2, -0.15) is 5.10 Å². The molecule has 11 nitrogen and oxygen atoms in total. The van der Waals surface area contributed by atoms with Gasteiger partial charge in [0.05, 0.1) is 49.4 Å². The molecule has 37 heavy (non-hydrogen) atoms. The fraction of sp³-hybridized carbons (Fsp3) is 0.615. The van der Waals surface area contributed by atoms with Crippen molar-refractivity contribution in [2.45, 2.75) is 63.4 Å². The number of ether oxygens (including phenoxy) is 2. The molecule has 0 amide bonds. The highest BCUT2D eigenvalue weighted by molar-refractivity contribution is 6.01. The number of hydrogen-bond acceptors (Lipinski definition) is 9. The van der Waals surface area contributed by atoms with Gasteiger partial charge in [-0.15, -0.1) is 0 Å². The van der Waals surface area contributed by atoms with Crippen molar-refractivity contribution in [2.24, 2.45) is 10.3 Å². The first-order valence-electron chi connectivity index (χ1n) is 12.8. The second-order valence-corrected chi connectivity index (χ2v) is 10.2. The minimum absolute atomic E-state index is 0.0341. The van der Waals surface area contributed by atoms with Crippen molar-refractivity contribution in [3.05, 3.63) is 35.4 Å². The minimum Gasteiger partial charge on any atom is -0.480 e. The topological polar surface area (TPSA) is 133 Å². The summed E-state index contributed by atoms with van der Waals surface area (Å²) in [6.45, 7) is 6.25. The summed E-state index contributed by atoms with van der Waals surface area (Å²) >= 11 is 0. The van der Waals surface area contributed by atoms with E-state index in [1.807, 2.05) is 54.2 Å². The largest absolute Gasteiger partial charge is 0.480 e. The van der Waals surface area contributed by atoms with Gasteiger partial charge in [-0.1, -0.05) is 29.4 Å². The molecule has 3 unspecified atom stereocenters. The van der Waals surface area contributed by atoms with Crippen LogP contribution in [0.3, 0.4) is 0 Å². The van der Waals surface area contributed by atoms with E-state index in [-0.39, 0.29) is 24.9 Å². The highest BCUT2D eigenvalue weighted by Gasteiger charge is 2.40. The smallest absolute Gasteiger partial charge is 0.329 e. The third-order valence-corrected chi connectivity index (χ3v) is 6.98. The minimum atomic E-state index is -1.03. The molecular weight excluding hydrogens is 480 g/mol. The molecule has 2 fully saturated rings. The van der Waals surface area contributed by atoms with E-state index in [1.165, 1.54) is 0 Å². The number of morpholine rings is 1. The number of rotatable bonds is 10. The van der Waals surface area contributed by atoms with Crippen LogP contribution >= 0.6 is 0 Å². The van der Waals surface area contributed by atoms with Crippen molar-refractivity contribution >= 4 is 23.9 Å². The van der Waals surface area contributed by atoms with E-state index < -0.39 is 24.1 Å². The van der Waals surface area contributed by atoms with Gasteiger partial charge < -0.3 is 24.5 Å². The Kier molecular flexibility index (Phi) is 8.78. The van der Waals surface area contributed by atoms with E-state index in [2.05, 4.69) is 10.3 Å². The fourth-order valence-corrected chi connectivity index (χ4v) is 5.21. The summed E-state index contributed by atoms with van der Waals surface area (Å²) in [5.41, 5.74) is 2.10. The van der Waals surface area contributed by atoms with Crippen molar-refractivity contribution in [1.29, 1.82) is 0 Å². The highest BCUT2D eigenvalue weighted by atomic mass is 16.6. The molecule has 2 saturated heterocycles. The average Bonchev–Trinajstić information content (AvgIpc) is 3.31. The van der Waals surface area contributed by atoms with Crippen molar-refractivity contribution in [2.75, 3.05) is 39.3 Å². The zero-order chi connectivity index (χ0) is 26.4. The first kappa shape index (κ1) is 27.0. The van der Waals surface area contributed by atoms with Crippen LogP contribution in [0.4, 0.5) is 0 Å². The maximum Gasteiger partial charge on any atom is 0.329 e. The first-order chi connectivity index (χ1) is 17.7. The number of nitrogens with zero attached hydrogens (tertiary/aromatic N) is 4. The number of carbonyl (C=O) groups is 2. The van der Waals surface area contributed by atoms with Crippen LogP contribution < -0.4 is 0 Å². The van der Waals surface area contributed by atoms with Gasteiger partial charge in [-0.05, 0) is 37.8 Å². The molecule has 0 aromatic heterocycles. The fourth-order valence-electron chi connectivity index (χ4n) is 5.21. The van der Waals surface area contributed by atoms with Crippen molar-refractivity contribution in [3.8, 4) is 0 Å². The van der Waals surface area contributed by atoms with Crippen molar-refractivity contribution in [3.63, 3.8) is 0 Å². The molecule has 0 bridgehead atoms. The lowest BCUT2D eigenvalue weighted by Gasteiger charge is -2.41. The number of hydrogen-bond donors (Lipinski definition) is 2. The van der Waals surface area contributed by atoms with Gasteiger partial charge in [0, 0.05) is 25.9 Å². The maximum atomic E-state index is 11.2. The Hall–Kier alpha value is -3.02. The van der Waals surface area contributed by atoms with Crippen LogP contribution in [-0.2, 0) is 23.9 Å². The van der Waals surface area contributed by atoms with Crippen LogP contribution in [-0.4, -0.2) is 107 Å². The second-order valence-electron chi connectivity index (χ2n) is 10.2. The Morgan fingerprint density at radius 3 is 2.43 bits per heavy atom. The molecule has 0 aliphatic carbocycles. The molecule has 11 heteroatoms. The number of aliphatic carboxylic acids is 2. The Bertz CT molecular complexity index is 995. The van der Waals surface area contributed by atoms with Gasteiger partial charge in [0.15, 0.2) is 0 Å². The Labute approximate surface area is 216 Å². The van der Waals surface area contributed by atoms with Gasteiger partial charge in [-0.3, -0.25) is 14.7 Å². The Balaban J connectivity index is 1.32. The standard InChI is InChI=1S/C26H36N4O7/c1-18-14-30(15-19(2)36-18)27-13-20-3-5-21(6-4-20)23-11-22(37-28-23)12-26(35-17-25(33)34)7-9-29(10-8-26)16-24(31)32/h3-6,13,18-19,22H,7-12,14-17H2,1-2H3,(H,31,32)(H,33,34)/b27-13+. The summed E-state index contributed by atoms with van der Waals surface area (Å²) in [7, 11) is 0. The first-order valence-corrected chi connectivity index (χ1v) is 12.8. The molecule has 3 heterocycles. The van der Waals surface area contributed by atoms with E-state index in [9.17, 15) is 9.59 Å². The predicted octanol–water partition coefficient (Wildman–Crippen LogP) is 2.03. The van der Waals surface area contributed by atoms with Gasteiger partial charge in [0.1, 0.15) is 12.7 Å². The summed E-state index contributed by atoms with van der Waals surface area (Å²) in [4.78, 5) is 29.8. The molecule has 4 rings (SSSR count). The summed E-state index contributed by atoms with van der Waals surface area (Å²) in [5, 5.41) is 29.1. The van der Waals surface area contributed by atoms with Crippen molar-refractivity contribution < 1.29 is 34.1 Å². The van der Waals surface area contributed by atoms with E-state index in [0.29, 0.717) is 38.8 Å². The number of oxime groups is 1. The monoisotopic (exact) mass is 516 g/mol. The Morgan fingerprint density at radius 1 is 1.14 bits per heavy atom. The number of likely N-dealkylation sites (tertiary alicyclic amines) is 1. The SMILES string of the molecule is CC1CN(/N=C/c2ccc(C3=NOC(CC4(OCC(=O)O)CCN(CC(=O)O)CC4)C3)cc2)CC(C)O1. The molecular formula is C26H36N4O7. The number of benzene rings is 1. The van der Waals surface area contributed by atoms with Crippen LogP contribution in [0.15, 0.2) is 34.5 Å². The predicted molar refractivity (Wildman–Crippen MR) is 136 cm³/mol. The lowest BCUT2D eigenvalue weighted by atomic mass is 9.84. The number of carboxylic acid groups (broad SMARTS) is 2. The summed E-state index contributed by atoms with van der Waals surface area (Å²) < 4.78 is 11.6. The molecule has 2 N–H and O–H groups in total. The van der Waals surface area contributed by atoms with E-state index in [1.54, 1.807) is 0 Å². The number of hydrazone groups is 1. The third-order valence-electron chi connectivity index (χ3n) is 6.98. The summed E-state index contributed by atoms with van der Waals surface area (Å²) in [6, 6.07) is 7.99. The normalized spacial score (nSPS) is 26.2. The lowest BCUT2D eigenvalue weighted by molar-refractivity contribution is -0.159. The lowest BCUT2D eigenvalue weighted by Crippen LogP contribution is -2.49. The zero-order valence-electron chi connectivity index (χ0n) is 21.4. The highest BCUT2D eigenvalue weighted by Crippen LogP contribution is 2.34. The van der Waals surface area contributed by atoms with Crippen LogP contribution in [0.2, 0.25) is 0 Å². The van der Waals surface area contributed by atoms with Gasteiger partial charge in [0.2, 0.25) is 0 Å². The third kappa shape index (κ3) is 7.73. The quantitative estimate of drug-likeness (QED) is 0.448. The van der Waals surface area contributed by atoms with E-state index in [0.717, 1.165) is 29.9 Å². The van der Waals surface area contributed by atoms with Crippen LogP contribution in [0.25, 0.3) is 0 Å². The maximum absolute atomic E-state index is 11.2. The van der Waals surface area contributed by atoms with Gasteiger partial charge in [0.25, 0.3) is 0 Å². The summed E-state index contributed by atoms with van der Waals surface area (Å²) in [6.07, 6.45) is 4.09. The Morgan fingerprint density at radius 2 is 1.81 bits per heavy atom. The molecule has 0 saturated carbocycles.